The van der Waals surface area contributed by atoms with Gasteiger partial charge >= 0.3 is 0 Å². The number of nitrogens with zero attached hydrogens (tertiary/aromatic N) is 1. The molecule has 0 aliphatic carbocycles. The van der Waals surface area contributed by atoms with Crippen LogP contribution in [0.5, 0.6) is 0 Å². The number of sulfonamides is 1. The topological polar surface area (TPSA) is 49.4 Å². The highest BCUT2D eigenvalue weighted by molar-refractivity contribution is 7.89. The van der Waals surface area contributed by atoms with Crippen LogP contribution in [0.1, 0.15) is 37.5 Å². The first-order valence-electron chi connectivity index (χ1n) is 8.42. The van der Waals surface area contributed by atoms with Crippen molar-refractivity contribution in [2.24, 2.45) is 0 Å². The van der Waals surface area contributed by atoms with Gasteiger partial charge in [0.2, 0.25) is 10.0 Å². The van der Waals surface area contributed by atoms with Gasteiger partial charge in [0.15, 0.2) is 0 Å². The average molecular weight is 361 g/mol. The van der Waals surface area contributed by atoms with Crippen LogP contribution in [0, 0.1) is 0 Å². The summed E-state index contributed by atoms with van der Waals surface area (Å²) >= 11 is 0. The summed E-state index contributed by atoms with van der Waals surface area (Å²) in [6.07, 6.45) is 0. The van der Waals surface area contributed by atoms with Gasteiger partial charge in [-0.3, -0.25) is 0 Å². The van der Waals surface area contributed by atoms with E-state index in [0.29, 0.717) is 11.4 Å². The monoisotopic (exact) mass is 360 g/mol. The summed E-state index contributed by atoms with van der Waals surface area (Å²) in [6.45, 7) is 8.10. The lowest BCUT2D eigenvalue weighted by atomic mass is 9.87. The summed E-state index contributed by atoms with van der Waals surface area (Å²) in [6, 6.07) is 15.7. The molecule has 1 N–H and O–H groups in total. The van der Waals surface area contributed by atoms with E-state index < -0.39 is 10.0 Å². The molecule has 0 bridgehead atoms. The van der Waals surface area contributed by atoms with Gasteiger partial charge in [-0.1, -0.05) is 57.2 Å². The second kappa shape index (κ2) is 7.68. The normalized spacial score (nSPS) is 12.6. The molecule has 0 saturated carbocycles. The van der Waals surface area contributed by atoms with Gasteiger partial charge in [-0.2, -0.15) is 0 Å². The summed E-state index contributed by atoms with van der Waals surface area (Å²) in [4.78, 5) is 0.319. The minimum Gasteiger partial charge on any atom is -0.309 e. The number of nitrogens with one attached hydrogen (secondary N) is 1. The van der Waals surface area contributed by atoms with Gasteiger partial charge in [0.05, 0.1) is 4.90 Å². The first-order chi connectivity index (χ1) is 11.6. The van der Waals surface area contributed by atoms with Crippen molar-refractivity contribution in [1.82, 2.24) is 9.62 Å². The molecule has 2 aromatic carbocycles. The third-order valence-corrected chi connectivity index (χ3v) is 6.01. The van der Waals surface area contributed by atoms with Gasteiger partial charge in [0, 0.05) is 27.2 Å². The number of rotatable bonds is 6. The molecule has 0 aliphatic heterocycles. The minimum atomic E-state index is -3.36. The quantitative estimate of drug-likeness (QED) is 0.857. The Morgan fingerprint density at radius 2 is 1.28 bits per heavy atom. The molecule has 0 atom stereocenters. The van der Waals surface area contributed by atoms with Crippen LogP contribution in [-0.2, 0) is 28.5 Å². The van der Waals surface area contributed by atoms with E-state index in [1.165, 1.54) is 29.5 Å². The van der Waals surface area contributed by atoms with Crippen LogP contribution in [0.4, 0.5) is 0 Å². The van der Waals surface area contributed by atoms with Gasteiger partial charge in [0.1, 0.15) is 0 Å². The van der Waals surface area contributed by atoms with Crippen LogP contribution in [0.25, 0.3) is 0 Å². The molecule has 2 rings (SSSR count). The maximum Gasteiger partial charge on any atom is 0.242 e. The third-order valence-electron chi connectivity index (χ3n) is 4.18. The van der Waals surface area contributed by atoms with E-state index in [-0.39, 0.29) is 5.41 Å². The highest BCUT2D eigenvalue weighted by Crippen LogP contribution is 2.22. The van der Waals surface area contributed by atoms with Crippen molar-refractivity contribution in [3.05, 3.63) is 65.2 Å². The molecular formula is C20H28N2O2S. The zero-order chi connectivity index (χ0) is 18.7. The smallest absolute Gasteiger partial charge is 0.242 e. The Morgan fingerprint density at radius 1 is 0.840 bits per heavy atom. The second-order valence-corrected chi connectivity index (χ2v) is 9.63. The van der Waals surface area contributed by atoms with Gasteiger partial charge in [-0.05, 0) is 34.2 Å². The fourth-order valence-electron chi connectivity index (χ4n) is 2.46. The fraction of sp³-hybridized carbons (Fsp3) is 0.400. The molecule has 4 nitrogen and oxygen atoms in total. The lowest BCUT2D eigenvalue weighted by Crippen LogP contribution is -2.22. The number of hydrogen-bond donors (Lipinski definition) is 1. The number of benzene rings is 2. The van der Waals surface area contributed by atoms with E-state index in [2.05, 4.69) is 50.4 Å². The second-order valence-electron chi connectivity index (χ2n) is 7.48. The largest absolute Gasteiger partial charge is 0.309 e. The van der Waals surface area contributed by atoms with Crippen LogP contribution >= 0.6 is 0 Å². The van der Waals surface area contributed by atoms with Gasteiger partial charge in [0.25, 0.3) is 0 Å². The molecule has 25 heavy (non-hydrogen) atoms. The third kappa shape index (κ3) is 5.14. The Balaban J connectivity index is 1.92. The zero-order valence-electron chi connectivity index (χ0n) is 15.7. The molecule has 5 heteroatoms. The standard InChI is InChI=1S/C20H28N2O2S/c1-20(2,3)18-10-6-16(7-11-18)14-21-15-17-8-12-19(13-9-17)25(23,24)22(4)5/h6-13,21H,14-15H2,1-5H3. The van der Waals surface area contributed by atoms with E-state index in [1.54, 1.807) is 12.1 Å². The summed E-state index contributed by atoms with van der Waals surface area (Å²) in [5.74, 6) is 0. The molecule has 0 saturated heterocycles. The summed E-state index contributed by atoms with van der Waals surface area (Å²) in [5, 5.41) is 3.40. The van der Waals surface area contributed by atoms with Gasteiger partial charge < -0.3 is 5.32 Å². The molecule has 0 spiro atoms. The highest BCUT2D eigenvalue weighted by atomic mass is 32.2. The van der Waals surface area contributed by atoms with Crippen molar-refractivity contribution in [2.45, 2.75) is 44.2 Å². The SMILES string of the molecule is CN(C)S(=O)(=O)c1ccc(CNCc2ccc(C(C)(C)C)cc2)cc1. The van der Waals surface area contributed by atoms with E-state index >= 15 is 0 Å². The predicted molar refractivity (Wildman–Crippen MR) is 103 cm³/mol. The molecule has 136 valence electrons. The highest BCUT2D eigenvalue weighted by Gasteiger charge is 2.16. The first kappa shape index (κ1) is 19.6. The minimum absolute atomic E-state index is 0.167. The van der Waals surface area contributed by atoms with Crippen LogP contribution < -0.4 is 5.32 Å². The Labute approximate surface area is 151 Å². The van der Waals surface area contributed by atoms with E-state index in [9.17, 15) is 8.42 Å². The van der Waals surface area contributed by atoms with Crippen molar-refractivity contribution in [3.8, 4) is 0 Å². The Hall–Kier alpha value is -1.69. The lowest BCUT2D eigenvalue weighted by Gasteiger charge is -2.19. The molecule has 0 unspecified atom stereocenters. The van der Waals surface area contributed by atoms with Crippen molar-refractivity contribution < 1.29 is 8.42 Å². The Morgan fingerprint density at radius 3 is 1.68 bits per heavy atom. The molecule has 0 heterocycles. The Bertz CT molecular complexity index is 787. The molecule has 0 fully saturated rings. The predicted octanol–water partition coefficient (Wildman–Crippen LogP) is 3.52. The van der Waals surface area contributed by atoms with Crippen molar-refractivity contribution in [3.63, 3.8) is 0 Å². The zero-order valence-corrected chi connectivity index (χ0v) is 16.5. The van der Waals surface area contributed by atoms with Crippen molar-refractivity contribution in [1.29, 1.82) is 0 Å². The summed E-state index contributed by atoms with van der Waals surface area (Å²) in [5.41, 5.74) is 3.79. The summed E-state index contributed by atoms with van der Waals surface area (Å²) in [7, 11) is -0.286. The molecule has 0 amide bonds. The van der Waals surface area contributed by atoms with E-state index in [4.69, 9.17) is 0 Å². The van der Waals surface area contributed by atoms with Crippen molar-refractivity contribution >= 4 is 10.0 Å². The molecular weight excluding hydrogens is 332 g/mol. The van der Waals surface area contributed by atoms with E-state index in [1.807, 2.05) is 12.1 Å². The van der Waals surface area contributed by atoms with Crippen LogP contribution in [0.15, 0.2) is 53.4 Å². The van der Waals surface area contributed by atoms with Crippen LogP contribution in [-0.4, -0.2) is 26.8 Å². The van der Waals surface area contributed by atoms with E-state index in [0.717, 1.165) is 12.1 Å². The van der Waals surface area contributed by atoms with Crippen LogP contribution in [0.3, 0.4) is 0 Å². The summed E-state index contributed by atoms with van der Waals surface area (Å²) < 4.78 is 25.3. The maximum atomic E-state index is 12.1. The fourth-order valence-corrected chi connectivity index (χ4v) is 3.37. The van der Waals surface area contributed by atoms with Gasteiger partial charge in [-0.25, -0.2) is 12.7 Å². The Kier molecular flexibility index (Phi) is 6.03. The molecule has 0 radical (unpaired) electrons. The number of hydrogen-bond acceptors (Lipinski definition) is 3. The average Bonchev–Trinajstić information content (AvgIpc) is 2.55. The lowest BCUT2D eigenvalue weighted by molar-refractivity contribution is 0.520. The molecule has 2 aromatic rings. The first-order valence-corrected chi connectivity index (χ1v) is 9.86. The van der Waals surface area contributed by atoms with Crippen LogP contribution in [0.2, 0.25) is 0 Å². The maximum absolute atomic E-state index is 12.1. The molecule has 0 aromatic heterocycles. The van der Waals surface area contributed by atoms with Gasteiger partial charge in [-0.15, -0.1) is 0 Å². The van der Waals surface area contributed by atoms with Crippen molar-refractivity contribution in [2.75, 3.05) is 14.1 Å². The molecule has 0 aliphatic rings.